The molecule has 0 saturated heterocycles. The Bertz CT molecular complexity index is 431. The Hall–Kier alpha value is -1.42. The second kappa shape index (κ2) is 7.24. The van der Waals surface area contributed by atoms with E-state index in [0.717, 1.165) is 12.8 Å². The van der Waals surface area contributed by atoms with Crippen LogP contribution in [0.15, 0.2) is 18.2 Å². The molecule has 4 nitrogen and oxygen atoms in total. The maximum absolute atomic E-state index is 12.1. The van der Waals surface area contributed by atoms with Gasteiger partial charge in [-0.15, -0.1) is 12.4 Å². The predicted octanol–water partition coefficient (Wildman–Crippen LogP) is 2.80. The summed E-state index contributed by atoms with van der Waals surface area (Å²) in [5.41, 5.74) is 0.611. The van der Waals surface area contributed by atoms with Crippen LogP contribution in [0.4, 0.5) is 0 Å². The van der Waals surface area contributed by atoms with Crippen LogP contribution in [-0.2, 0) is 0 Å². The highest BCUT2D eigenvalue weighted by Crippen LogP contribution is 2.27. The van der Waals surface area contributed by atoms with E-state index in [-0.39, 0.29) is 18.3 Å². The van der Waals surface area contributed by atoms with Crippen LogP contribution in [0, 0.1) is 0 Å². The highest BCUT2D eigenvalue weighted by Gasteiger charge is 2.18. The van der Waals surface area contributed by atoms with E-state index in [2.05, 4.69) is 5.32 Å². The molecule has 106 valence electrons. The standard InChI is InChI=1S/C14H19NO3.ClH/c1-17-12-8-7-10(9-13(12)18-2)14(16)15-11-5-3-4-6-11;/h7-9,11H,3-6H2,1-2H3,(H,15,16);1H. The van der Waals surface area contributed by atoms with E-state index in [1.54, 1.807) is 32.4 Å². The third-order valence-corrected chi connectivity index (χ3v) is 3.34. The van der Waals surface area contributed by atoms with E-state index in [9.17, 15) is 4.79 Å². The molecular formula is C14H20ClNO3. The molecule has 0 aliphatic heterocycles. The molecule has 1 saturated carbocycles. The summed E-state index contributed by atoms with van der Waals surface area (Å²) >= 11 is 0. The summed E-state index contributed by atoms with van der Waals surface area (Å²) < 4.78 is 10.3. The molecule has 1 aromatic carbocycles. The number of carbonyl (C=O) groups excluding carboxylic acids is 1. The van der Waals surface area contributed by atoms with Crippen molar-refractivity contribution in [2.45, 2.75) is 31.7 Å². The van der Waals surface area contributed by atoms with Gasteiger partial charge in [-0.05, 0) is 31.0 Å². The third kappa shape index (κ3) is 3.77. The lowest BCUT2D eigenvalue weighted by Crippen LogP contribution is -2.32. The number of hydrogen-bond donors (Lipinski definition) is 1. The monoisotopic (exact) mass is 285 g/mol. The Labute approximate surface area is 119 Å². The van der Waals surface area contributed by atoms with Crippen molar-refractivity contribution in [1.29, 1.82) is 0 Å². The second-order valence-corrected chi connectivity index (χ2v) is 4.52. The molecule has 0 unspecified atom stereocenters. The SMILES string of the molecule is COc1ccc(C(=O)NC2CCCC2)cc1OC.Cl. The average Bonchev–Trinajstić information content (AvgIpc) is 2.90. The Morgan fingerprint density at radius 3 is 2.37 bits per heavy atom. The number of nitrogens with one attached hydrogen (secondary N) is 1. The quantitative estimate of drug-likeness (QED) is 0.925. The van der Waals surface area contributed by atoms with Crippen LogP contribution in [-0.4, -0.2) is 26.2 Å². The first-order valence-electron chi connectivity index (χ1n) is 6.27. The van der Waals surface area contributed by atoms with E-state index >= 15 is 0 Å². The van der Waals surface area contributed by atoms with E-state index in [1.165, 1.54) is 12.8 Å². The molecular weight excluding hydrogens is 266 g/mol. The Morgan fingerprint density at radius 2 is 1.79 bits per heavy atom. The van der Waals surface area contributed by atoms with E-state index in [1.807, 2.05) is 0 Å². The molecule has 2 rings (SSSR count). The highest BCUT2D eigenvalue weighted by atomic mass is 35.5. The normalized spacial score (nSPS) is 14.6. The van der Waals surface area contributed by atoms with Gasteiger partial charge in [0.25, 0.3) is 5.91 Å². The van der Waals surface area contributed by atoms with Crippen molar-refractivity contribution in [2.24, 2.45) is 0 Å². The molecule has 0 spiro atoms. The van der Waals surface area contributed by atoms with Crippen molar-refractivity contribution in [3.8, 4) is 11.5 Å². The van der Waals surface area contributed by atoms with Gasteiger partial charge in [0.05, 0.1) is 14.2 Å². The first-order chi connectivity index (χ1) is 8.74. The molecule has 1 aliphatic carbocycles. The van der Waals surface area contributed by atoms with E-state index in [4.69, 9.17) is 9.47 Å². The van der Waals surface area contributed by atoms with Crippen LogP contribution in [0.1, 0.15) is 36.0 Å². The molecule has 0 radical (unpaired) electrons. The Kier molecular flexibility index (Phi) is 5.96. The fourth-order valence-corrected chi connectivity index (χ4v) is 2.32. The maximum Gasteiger partial charge on any atom is 0.251 e. The lowest BCUT2D eigenvalue weighted by atomic mass is 10.1. The molecule has 0 heterocycles. The largest absolute Gasteiger partial charge is 0.493 e. The van der Waals surface area contributed by atoms with Crippen molar-refractivity contribution >= 4 is 18.3 Å². The molecule has 0 atom stereocenters. The zero-order valence-electron chi connectivity index (χ0n) is 11.3. The minimum atomic E-state index is -0.0390. The van der Waals surface area contributed by atoms with Gasteiger partial charge in [-0.25, -0.2) is 0 Å². The summed E-state index contributed by atoms with van der Waals surface area (Å²) in [4.78, 5) is 12.1. The predicted molar refractivity (Wildman–Crippen MR) is 76.5 cm³/mol. The summed E-state index contributed by atoms with van der Waals surface area (Å²) in [6, 6.07) is 5.54. The van der Waals surface area contributed by atoms with Gasteiger partial charge in [-0.2, -0.15) is 0 Å². The zero-order chi connectivity index (χ0) is 13.0. The van der Waals surface area contributed by atoms with Crippen LogP contribution in [0.25, 0.3) is 0 Å². The number of amides is 1. The lowest BCUT2D eigenvalue weighted by molar-refractivity contribution is 0.0937. The molecule has 1 N–H and O–H groups in total. The Balaban J connectivity index is 0.00000180. The van der Waals surface area contributed by atoms with Crippen molar-refractivity contribution in [2.75, 3.05) is 14.2 Å². The van der Waals surface area contributed by atoms with Crippen LogP contribution < -0.4 is 14.8 Å². The van der Waals surface area contributed by atoms with Crippen molar-refractivity contribution < 1.29 is 14.3 Å². The van der Waals surface area contributed by atoms with Crippen LogP contribution in [0.5, 0.6) is 11.5 Å². The maximum atomic E-state index is 12.1. The van der Waals surface area contributed by atoms with Crippen LogP contribution in [0.3, 0.4) is 0 Å². The summed E-state index contributed by atoms with van der Waals surface area (Å²) in [5.74, 6) is 1.18. The highest BCUT2D eigenvalue weighted by molar-refractivity contribution is 5.95. The van der Waals surface area contributed by atoms with Crippen LogP contribution in [0.2, 0.25) is 0 Å². The van der Waals surface area contributed by atoms with Crippen molar-refractivity contribution in [3.05, 3.63) is 23.8 Å². The topological polar surface area (TPSA) is 47.6 Å². The number of hydrogen-bond acceptors (Lipinski definition) is 3. The minimum Gasteiger partial charge on any atom is -0.493 e. The van der Waals surface area contributed by atoms with Gasteiger partial charge >= 0.3 is 0 Å². The first kappa shape index (κ1) is 15.6. The van der Waals surface area contributed by atoms with E-state index in [0.29, 0.717) is 23.1 Å². The lowest BCUT2D eigenvalue weighted by Gasteiger charge is -2.13. The number of halogens is 1. The molecule has 0 bridgehead atoms. The third-order valence-electron chi connectivity index (χ3n) is 3.34. The number of rotatable bonds is 4. The van der Waals surface area contributed by atoms with Gasteiger partial charge in [0, 0.05) is 11.6 Å². The molecule has 1 amide bonds. The number of carbonyl (C=O) groups is 1. The fraction of sp³-hybridized carbons (Fsp3) is 0.500. The summed E-state index contributed by atoms with van der Waals surface area (Å²) in [5, 5.41) is 3.05. The van der Waals surface area contributed by atoms with E-state index < -0.39 is 0 Å². The van der Waals surface area contributed by atoms with Gasteiger partial charge in [0.2, 0.25) is 0 Å². The number of methoxy groups -OCH3 is 2. The first-order valence-corrected chi connectivity index (χ1v) is 6.27. The summed E-state index contributed by atoms with van der Waals surface area (Å²) in [7, 11) is 3.15. The molecule has 1 fully saturated rings. The summed E-state index contributed by atoms with van der Waals surface area (Å²) in [6.07, 6.45) is 4.58. The molecule has 1 aromatic rings. The molecule has 0 aromatic heterocycles. The fourth-order valence-electron chi connectivity index (χ4n) is 2.32. The van der Waals surface area contributed by atoms with Crippen molar-refractivity contribution in [3.63, 3.8) is 0 Å². The van der Waals surface area contributed by atoms with Gasteiger partial charge in [-0.1, -0.05) is 12.8 Å². The number of ether oxygens (including phenoxy) is 2. The number of benzene rings is 1. The zero-order valence-corrected chi connectivity index (χ0v) is 12.1. The van der Waals surface area contributed by atoms with Gasteiger partial charge in [0.15, 0.2) is 11.5 Å². The Morgan fingerprint density at radius 1 is 1.16 bits per heavy atom. The molecule has 5 heteroatoms. The molecule has 19 heavy (non-hydrogen) atoms. The van der Waals surface area contributed by atoms with Crippen molar-refractivity contribution in [1.82, 2.24) is 5.32 Å². The summed E-state index contributed by atoms with van der Waals surface area (Å²) in [6.45, 7) is 0. The second-order valence-electron chi connectivity index (χ2n) is 4.52. The smallest absolute Gasteiger partial charge is 0.251 e. The average molecular weight is 286 g/mol. The molecule has 1 aliphatic rings. The van der Waals surface area contributed by atoms with Gasteiger partial charge in [0.1, 0.15) is 0 Å². The van der Waals surface area contributed by atoms with Gasteiger partial charge < -0.3 is 14.8 Å². The minimum absolute atomic E-state index is 0. The van der Waals surface area contributed by atoms with Crippen LogP contribution >= 0.6 is 12.4 Å². The van der Waals surface area contributed by atoms with Gasteiger partial charge in [-0.3, -0.25) is 4.79 Å².